The van der Waals surface area contributed by atoms with E-state index in [0.29, 0.717) is 12.8 Å². The van der Waals surface area contributed by atoms with Crippen LogP contribution in [0.3, 0.4) is 0 Å². The first-order valence-electron chi connectivity index (χ1n) is 13.7. The largest absolute Gasteiger partial charge is 0.451 e. The number of nitrogens with one attached hydrogen (secondary N) is 1. The molecule has 0 bridgehead atoms. The van der Waals surface area contributed by atoms with Gasteiger partial charge in [0, 0.05) is 36.8 Å². The molecule has 3 heterocycles. The molecule has 1 N–H and O–H groups in total. The van der Waals surface area contributed by atoms with E-state index < -0.39 is 87.7 Å². The average Bonchev–Trinajstić information content (AvgIpc) is 3.89. The van der Waals surface area contributed by atoms with Gasteiger partial charge in [-0.2, -0.15) is 30.6 Å². The molecule has 45 heavy (non-hydrogen) atoms. The van der Waals surface area contributed by atoms with Crippen molar-refractivity contribution >= 4 is 15.9 Å². The van der Waals surface area contributed by atoms with Crippen LogP contribution in [-0.2, 0) is 33.7 Å². The number of halogens is 8. The Morgan fingerprint density at radius 1 is 1.00 bits per heavy atom. The van der Waals surface area contributed by atoms with E-state index in [-0.39, 0.29) is 34.7 Å². The Morgan fingerprint density at radius 3 is 2.16 bits per heavy atom. The van der Waals surface area contributed by atoms with Crippen molar-refractivity contribution in [2.75, 3.05) is 0 Å². The molecule has 2 aromatic heterocycles. The fraction of sp³-hybridized carbons (Fsp3) is 0.429. The summed E-state index contributed by atoms with van der Waals surface area (Å²) in [6.07, 6.45) is -9.52. The Hall–Kier alpha value is -3.73. The van der Waals surface area contributed by atoms with Crippen LogP contribution in [0.1, 0.15) is 60.7 Å². The van der Waals surface area contributed by atoms with Crippen LogP contribution >= 0.6 is 0 Å². The van der Waals surface area contributed by atoms with Gasteiger partial charge in [-0.25, -0.2) is 27.2 Å². The standard InChI is InChI=1S/C28H23F8N5O3S/c29-17-3-5-18(6-4-17)45(43,44)41-20(10-21(30)26(41)7-8-26)24(42)37-11-15-9-19(16-12-38-25(39-13-16)28(34,35)36)40-23(14-1-2-14)22(15)27(31,32)33/h3-6,9,12-14,20-21H,1-2,7-8,10-11H2,(H,37,42)/t20-,21+/m0/s1. The van der Waals surface area contributed by atoms with Gasteiger partial charge in [0.1, 0.15) is 18.0 Å². The number of alkyl halides is 7. The number of aromatic nitrogens is 3. The van der Waals surface area contributed by atoms with Gasteiger partial charge in [-0.1, -0.05) is 0 Å². The minimum Gasteiger partial charge on any atom is -0.351 e. The second-order valence-electron chi connectivity index (χ2n) is 11.3. The molecule has 8 nitrogen and oxygen atoms in total. The summed E-state index contributed by atoms with van der Waals surface area (Å²) in [5.74, 6) is -3.81. The van der Waals surface area contributed by atoms with Crippen molar-refractivity contribution in [3.8, 4) is 11.3 Å². The molecular weight excluding hydrogens is 638 g/mol. The highest BCUT2D eigenvalue weighted by Gasteiger charge is 2.67. The Morgan fingerprint density at radius 2 is 1.62 bits per heavy atom. The van der Waals surface area contributed by atoms with Crippen molar-refractivity contribution in [3.63, 3.8) is 0 Å². The van der Waals surface area contributed by atoms with Crippen molar-refractivity contribution < 1.29 is 48.3 Å². The molecule has 1 aromatic carbocycles. The van der Waals surface area contributed by atoms with Crippen LogP contribution in [0.15, 0.2) is 47.6 Å². The first kappa shape index (κ1) is 31.3. The van der Waals surface area contributed by atoms with Gasteiger partial charge in [0.05, 0.1) is 27.4 Å². The smallest absolute Gasteiger partial charge is 0.351 e. The zero-order valence-corrected chi connectivity index (χ0v) is 23.8. The summed E-state index contributed by atoms with van der Waals surface area (Å²) in [5, 5.41) is 2.32. The van der Waals surface area contributed by atoms with E-state index in [1.807, 2.05) is 0 Å². The average molecular weight is 662 g/mol. The Bertz CT molecular complexity index is 1740. The van der Waals surface area contributed by atoms with Crippen LogP contribution in [-0.4, -0.2) is 51.3 Å². The Balaban J connectivity index is 1.33. The molecule has 17 heteroatoms. The first-order valence-corrected chi connectivity index (χ1v) is 15.2. The van der Waals surface area contributed by atoms with Gasteiger partial charge in [0.25, 0.3) is 0 Å². The predicted molar refractivity (Wildman–Crippen MR) is 140 cm³/mol. The van der Waals surface area contributed by atoms with E-state index in [4.69, 9.17) is 0 Å². The molecular formula is C28H23F8N5O3S. The van der Waals surface area contributed by atoms with Gasteiger partial charge in [0.15, 0.2) is 0 Å². The third kappa shape index (κ3) is 5.75. The number of hydrogen-bond donors (Lipinski definition) is 1. The summed E-state index contributed by atoms with van der Waals surface area (Å²) in [4.78, 5) is 23.6. The van der Waals surface area contributed by atoms with Crippen molar-refractivity contribution in [1.82, 2.24) is 24.6 Å². The van der Waals surface area contributed by atoms with Crippen molar-refractivity contribution in [2.45, 2.75) is 79.6 Å². The Labute approximate surface area is 250 Å². The summed E-state index contributed by atoms with van der Waals surface area (Å²) < 4.78 is 139. The molecule has 1 saturated heterocycles. The monoisotopic (exact) mass is 661 g/mol. The number of benzene rings is 1. The van der Waals surface area contributed by atoms with Crippen LogP contribution in [0, 0.1) is 5.82 Å². The van der Waals surface area contributed by atoms with Gasteiger partial charge in [0.2, 0.25) is 21.8 Å². The van der Waals surface area contributed by atoms with Crippen LogP contribution in [0.2, 0.25) is 0 Å². The third-order valence-electron chi connectivity index (χ3n) is 8.20. The summed E-state index contributed by atoms with van der Waals surface area (Å²) in [7, 11) is -4.53. The maximum atomic E-state index is 15.2. The summed E-state index contributed by atoms with van der Waals surface area (Å²) in [5.41, 5.74) is -3.73. The molecule has 6 rings (SSSR count). The summed E-state index contributed by atoms with van der Waals surface area (Å²) in [6, 6.07) is 3.06. The van der Waals surface area contributed by atoms with Crippen LogP contribution < -0.4 is 5.32 Å². The van der Waals surface area contributed by atoms with Gasteiger partial charge in [-0.05, 0) is 61.6 Å². The van der Waals surface area contributed by atoms with Crippen molar-refractivity contribution in [2.24, 2.45) is 0 Å². The van der Waals surface area contributed by atoms with Gasteiger partial charge in [-0.3, -0.25) is 9.78 Å². The lowest BCUT2D eigenvalue weighted by molar-refractivity contribution is -0.145. The highest BCUT2D eigenvalue weighted by Crippen LogP contribution is 2.55. The number of carbonyl (C=O) groups excluding carboxylic acids is 1. The molecule has 3 aromatic rings. The molecule has 2 aliphatic carbocycles. The zero-order valence-electron chi connectivity index (χ0n) is 23.0. The number of hydrogen-bond acceptors (Lipinski definition) is 6. The second kappa shape index (κ2) is 10.7. The highest BCUT2D eigenvalue weighted by atomic mass is 32.2. The topological polar surface area (TPSA) is 105 Å². The van der Waals surface area contributed by atoms with Crippen LogP contribution in [0.25, 0.3) is 11.3 Å². The maximum absolute atomic E-state index is 15.2. The van der Waals surface area contributed by atoms with E-state index in [9.17, 15) is 43.9 Å². The number of amides is 1. The normalized spacial score (nSPS) is 21.7. The molecule has 2 saturated carbocycles. The SMILES string of the molecule is O=C(NCc1cc(-c2cnc(C(F)(F)F)nc2)nc(C2CC2)c1C(F)(F)F)[C@@H]1C[C@@H](F)C2(CC2)N1S(=O)(=O)c1ccc(F)cc1. The molecule has 1 amide bonds. The molecule has 0 unspecified atom stereocenters. The van der Waals surface area contributed by atoms with Crippen LogP contribution in [0.4, 0.5) is 35.1 Å². The third-order valence-corrected chi connectivity index (χ3v) is 10.2. The lowest BCUT2D eigenvalue weighted by Gasteiger charge is -2.29. The van der Waals surface area contributed by atoms with Gasteiger partial charge >= 0.3 is 12.4 Å². The van der Waals surface area contributed by atoms with Gasteiger partial charge in [-0.15, -0.1) is 0 Å². The highest BCUT2D eigenvalue weighted by molar-refractivity contribution is 7.89. The molecule has 1 aliphatic heterocycles. The quantitative estimate of drug-likeness (QED) is 0.334. The van der Waals surface area contributed by atoms with E-state index >= 15 is 4.39 Å². The second-order valence-corrected chi connectivity index (χ2v) is 13.1. The first-order chi connectivity index (χ1) is 21.0. The fourth-order valence-electron chi connectivity index (χ4n) is 5.76. The number of pyridine rings is 1. The van der Waals surface area contributed by atoms with E-state index in [0.717, 1.165) is 47.0 Å². The Kier molecular flexibility index (Phi) is 7.42. The number of rotatable bonds is 7. The van der Waals surface area contributed by atoms with E-state index in [2.05, 4.69) is 20.3 Å². The molecule has 2 atom stereocenters. The van der Waals surface area contributed by atoms with Gasteiger partial charge < -0.3 is 5.32 Å². The lowest BCUT2D eigenvalue weighted by atomic mass is 9.99. The molecule has 240 valence electrons. The van der Waals surface area contributed by atoms with Crippen molar-refractivity contribution in [3.05, 3.63) is 71.2 Å². The van der Waals surface area contributed by atoms with Crippen molar-refractivity contribution in [1.29, 1.82) is 0 Å². The maximum Gasteiger partial charge on any atom is 0.451 e. The minimum absolute atomic E-state index is 0.102. The van der Waals surface area contributed by atoms with Crippen LogP contribution in [0.5, 0.6) is 0 Å². The summed E-state index contributed by atoms with van der Waals surface area (Å²) >= 11 is 0. The van der Waals surface area contributed by atoms with E-state index in [1.165, 1.54) is 0 Å². The number of sulfonamides is 1. The fourth-order valence-corrected chi connectivity index (χ4v) is 7.75. The summed E-state index contributed by atoms with van der Waals surface area (Å²) in [6.45, 7) is -0.782. The number of carbonyl (C=O) groups is 1. The van der Waals surface area contributed by atoms with E-state index in [1.54, 1.807) is 0 Å². The number of nitrogens with zero attached hydrogens (tertiary/aromatic N) is 4. The minimum atomic E-state index is -4.94. The lowest BCUT2D eigenvalue weighted by Crippen LogP contribution is -2.50. The molecule has 1 spiro atoms. The zero-order chi connectivity index (χ0) is 32.5. The molecule has 0 radical (unpaired) electrons. The predicted octanol–water partition coefficient (Wildman–Crippen LogP) is 5.54. The molecule has 3 fully saturated rings. The molecule has 3 aliphatic rings.